The molecule has 1 aliphatic rings. The van der Waals surface area contributed by atoms with E-state index in [1.54, 1.807) is 12.1 Å². The molecule has 0 radical (unpaired) electrons. The molecule has 2 rings (SSSR count). The predicted octanol–water partition coefficient (Wildman–Crippen LogP) is 3.00. The zero-order chi connectivity index (χ0) is 16.5. The van der Waals surface area contributed by atoms with Crippen LogP contribution in [0, 0.1) is 0 Å². The van der Waals surface area contributed by atoms with Gasteiger partial charge in [0.25, 0.3) is 0 Å². The Morgan fingerprint density at radius 1 is 1.32 bits per heavy atom. The van der Waals surface area contributed by atoms with Gasteiger partial charge in [0.05, 0.1) is 12.1 Å². The number of para-hydroxylation sites is 1. The molecular weight excluding hydrogens is 308 g/mol. The molecule has 0 fully saturated rings. The lowest BCUT2D eigenvalue weighted by Gasteiger charge is -2.21. The summed E-state index contributed by atoms with van der Waals surface area (Å²) in [7, 11) is 2.77. The molecular formula is C14H18N2O5S. The third-order valence-electron chi connectivity index (χ3n) is 3.02. The second kappa shape index (κ2) is 5.96. The summed E-state index contributed by atoms with van der Waals surface area (Å²) in [5, 5.41) is 8.79. The minimum atomic E-state index is -1.16. The average molecular weight is 326 g/mol. The summed E-state index contributed by atoms with van der Waals surface area (Å²) in [5.41, 5.74) is 0.642. The molecule has 1 aliphatic heterocycles. The van der Waals surface area contributed by atoms with Crippen molar-refractivity contribution in [3.63, 3.8) is 0 Å². The van der Waals surface area contributed by atoms with Gasteiger partial charge in [-0.05, 0) is 19.9 Å². The zero-order valence-electron chi connectivity index (χ0n) is 12.8. The van der Waals surface area contributed by atoms with Crippen LogP contribution in [0.15, 0.2) is 18.2 Å². The van der Waals surface area contributed by atoms with Crippen LogP contribution in [0.3, 0.4) is 0 Å². The summed E-state index contributed by atoms with van der Waals surface area (Å²) in [5.74, 6) is 0.893. The fraction of sp³-hybridized carbons (Fsp3) is 0.429. The Hall–Kier alpha value is -2.09. The Morgan fingerprint density at radius 2 is 2.00 bits per heavy atom. The molecule has 0 atom stereocenters. The van der Waals surface area contributed by atoms with Crippen LogP contribution >= 0.6 is 12.1 Å². The fourth-order valence-corrected chi connectivity index (χ4v) is 2.62. The monoisotopic (exact) mass is 326 g/mol. The van der Waals surface area contributed by atoms with Gasteiger partial charge in [0.15, 0.2) is 11.5 Å². The summed E-state index contributed by atoms with van der Waals surface area (Å²) < 4.78 is 13.1. The van der Waals surface area contributed by atoms with Crippen LogP contribution in [0.5, 0.6) is 11.5 Å². The van der Waals surface area contributed by atoms with Crippen LogP contribution < -0.4 is 9.47 Å². The minimum Gasteiger partial charge on any atom is -0.483 e. The number of hydrogen-bond acceptors (Lipinski definition) is 5. The summed E-state index contributed by atoms with van der Waals surface area (Å²) in [4.78, 5) is 22.8. The topological polar surface area (TPSA) is 79.3 Å². The highest BCUT2D eigenvalue weighted by molar-refractivity contribution is 7.95. The van der Waals surface area contributed by atoms with Crippen molar-refractivity contribution < 1.29 is 24.2 Å². The second-order valence-electron chi connectivity index (χ2n) is 5.51. The van der Waals surface area contributed by atoms with Gasteiger partial charge in [-0.2, -0.15) is 0 Å². The van der Waals surface area contributed by atoms with E-state index in [2.05, 4.69) is 0 Å². The smallest absolute Gasteiger partial charge is 0.426 e. The lowest BCUT2D eigenvalue weighted by atomic mass is 10.0. The van der Waals surface area contributed by atoms with Crippen LogP contribution in [0.25, 0.3) is 0 Å². The average Bonchev–Trinajstić information content (AvgIpc) is 2.73. The highest BCUT2D eigenvalue weighted by Crippen LogP contribution is 2.42. The molecule has 0 aromatic heterocycles. The molecule has 22 heavy (non-hydrogen) atoms. The van der Waals surface area contributed by atoms with Gasteiger partial charge in [-0.15, -0.1) is 0 Å². The van der Waals surface area contributed by atoms with Crippen LogP contribution in [0.1, 0.15) is 19.4 Å². The predicted molar refractivity (Wildman–Crippen MR) is 82.0 cm³/mol. The maximum atomic E-state index is 12.0. The standard InChI is InChI=1S/C14H18N2O5S/c1-14(2)8-9-6-5-7-10(11(9)21-14)20-13(19)16(4)22-15(3)12(17)18/h5-7H,8H2,1-4H3,(H,17,18). The number of carboxylic acid groups (broad SMARTS) is 1. The van der Waals surface area contributed by atoms with Crippen molar-refractivity contribution in [2.24, 2.45) is 0 Å². The van der Waals surface area contributed by atoms with Crippen LogP contribution in [0.2, 0.25) is 0 Å². The highest BCUT2D eigenvalue weighted by Gasteiger charge is 2.33. The van der Waals surface area contributed by atoms with E-state index < -0.39 is 12.2 Å². The molecule has 0 bridgehead atoms. The van der Waals surface area contributed by atoms with E-state index in [1.807, 2.05) is 19.9 Å². The summed E-state index contributed by atoms with van der Waals surface area (Å²) in [6.07, 6.45) is -1.10. The molecule has 2 amide bonds. The molecule has 1 aromatic carbocycles. The van der Waals surface area contributed by atoms with Gasteiger partial charge in [0.2, 0.25) is 0 Å². The number of nitrogens with zero attached hydrogens (tertiary/aromatic N) is 2. The zero-order valence-corrected chi connectivity index (χ0v) is 13.6. The maximum absolute atomic E-state index is 12.0. The van der Waals surface area contributed by atoms with Crippen molar-refractivity contribution >= 4 is 24.3 Å². The number of carbonyl (C=O) groups is 2. The summed E-state index contributed by atoms with van der Waals surface area (Å²) in [6, 6.07) is 5.37. The number of rotatable bonds is 3. The Bertz CT molecular complexity index is 605. The number of benzene rings is 1. The Balaban J connectivity index is 2.08. The molecule has 1 N–H and O–H groups in total. The van der Waals surface area contributed by atoms with E-state index in [-0.39, 0.29) is 5.60 Å². The van der Waals surface area contributed by atoms with Gasteiger partial charge >= 0.3 is 12.2 Å². The Kier molecular flexibility index (Phi) is 4.41. The fourth-order valence-electron chi connectivity index (χ4n) is 2.08. The van der Waals surface area contributed by atoms with Gasteiger partial charge in [0, 0.05) is 26.1 Å². The van der Waals surface area contributed by atoms with Gasteiger partial charge in [0.1, 0.15) is 5.60 Å². The number of fused-ring (bicyclic) bond motifs is 1. The van der Waals surface area contributed by atoms with E-state index >= 15 is 0 Å². The first kappa shape index (κ1) is 16.3. The molecule has 120 valence electrons. The molecule has 8 heteroatoms. The first-order valence-electron chi connectivity index (χ1n) is 6.61. The van der Waals surface area contributed by atoms with Crippen molar-refractivity contribution in [1.82, 2.24) is 8.61 Å². The normalized spacial score (nSPS) is 14.7. The minimum absolute atomic E-state index is 0.332. The van der Waals surface area contributed by atoms with E-state index in [0.717, 1.165) is 32.7 Å². The van der Waals surface area contributed by atoms with Crippen molar-refractivity contribution in [3.05, 3.63) is 23.8 Å². The molecule has 0 spiro atoms. The lowest BCUT2D eigenvalue weighted by molar-refractivity contribution is 0.131. The second-order valence-corrected chi connectivity index (χ2v) is 6.77. The number of carbonyl (C=O) groups excluding carboxylic acids is 1. The first-order chi connectivity index (χ1) is 10.2. The lowest BCUT2D eigenvalue weighted by Crippen LogP contribution is -2.30. The van der Waals surface area contributed by atoms with Crippen molar-refractivity contribution in [1.29, 1.82) is 0 Å². The Morgan fingerprint density at radius 3 is 2.64 bits per heavy atom. The molecule has 7 nitrogen and oxygen atoms in total. The van der Waals surface area contributed by atoms with E-state index in [4.69, 9.17) is 14.6 Å². The third-order valence-corrected chi connectivity index (χ3v) is 3.82. The third kappa shape index (κ3) is 3.56. The number of amides is 2. The van der Waals surface area contributed by atoms with Crippen LogP contribution in [-0.4, -0.2) is 45.6 Å². The van der Waals surface area contributed by atoms with Gasteiger partial charge in [-0.1, -0.05) is 12.1 Å². The number of ether oxygens (including phenoxy) is 2. The first-order valence-corrected chi connectivity index (χ1v) is 7.34. The quantitative estimate of drug-likeness (QED) is 0.860. The summed E-state index contributed by atoms with van der Waals surface area (Å²) in [6.45, 7) is 3.92. The molecule has 0 unspecified atom stereocenters. The van der Waals surface area contributed by atoms with Crippen molar-refractivity contribution in [2.45, 2.75) is 25.9 Å². The molecule has 0 aliphatic carbocycles. The molecule has 0 saturated heterocycles. The van der Waals surface area contributed by atoms with Gasteiger partial charge < -0.3 is 14.6 Å². The van der Waals surface area contributed by atoms with Crippen LogP contribution in [0.4, 0.5) is 9.59 Å². The van der Waals surface area contributed by atoms with E-state index in [9.17, 15) is 9.59 Å². The van der Waals surface area contributed by atoms with Crippen LogP contribution in [-0.2, 0) is 6.42 Å². The maximum Gasteiger partial charge on any atom is 0.426 e. The summed E-state index contributed by atoms with van der Waals surface area (Å²) >= 11 is 0.720. The highest BCUT2D eigenvalue weighted by atomic mass is 32.2. The van der Waals surface area contributed by atoms with Gasteiger partial charge in [-0.25, -0.2) is 18.2 Å². The number of hydrogen-bond donors (Lipinski definition) is 1. The molecule has 0 saturated carbocycles. The van der Waals surface area contributed by atoms with Crippen molar-refractivity contribution in [3.8, 4) is 11.5 Å². The Labute approximate surface area is 133 Å². The largest absolute Gasteiger partial charge is 0.483 e. The van der Waals surface area contributed by atoms with E-state index in [0.29, 0.717) is 11.5 Å². The van der Waals surface area contributed by atoms with Crippen molar-refractivity contribution in [2.75, 3.05) is 14.1 Å². The van der Waals surface area contributed by atoms with Gasteiger partial charge in [-0.3, -0.25) is 0 Å². The molecule has 1 heterocycles. The SMILES string of the molecule is CN(SN(C)C(=O)Oc1cccc2c1OC(C)(C)C2)C(=O)O. The van der Waals surface area contributed by atoms with E-state index in [1.165, 1.54) is 14.1 Å². The molecule has 1 aromatic rings.